The largest absolute Gasteiger partial charge is 0.342 e. The maximum atomic E-state index is 12.1. The predicted octanol–water partition coefficient (Wildman–Crippen LogP) is 1.56. The highest BCUT2D eigenvalue weighted by Crippen LogP contribution is 2.19. The van der Waals surface area contributed by atoms with Gasteiger partial charge < -0.3 is 14.8 Å². The molecule has 114 valence electrons. The molecule has 21 heavy (non-hydrogen) atoms. The molecule has 0 atom stereocenters. The van der Waals surface area contributed by atoms with E-state index < -0.39 is 0 Å². The number of anilines is 1. The second kappa shape index (κ2) is 6.28. The minimum absolute atomic E-state index is 0.0401. The molecule has 1 fully saturated rings. The van der Waals surface area contributed by atoms with Gasteiger partial charge in [-0.3, -0.25) is 9.59 Å². The number of aromatic nitrogens is 2. The highest BCUT2D eigenvalue weighted by atomic mass is 16.2. The van der Waals surface area contributed by atoms with E-state index in [1.807, 2.05) is 0 Å². The van der Waals surface area contributed by atoms with Crippen LogP contribution in [0, 0.1) is 0 Å². The summed E-state index contributed by atoms with van der Waals surface area (Å²) in [6.07, 6.45) is 8.02. The number of carbonyl (C=O) groups excluding carboxylic acids is 2. The summed E-state index contributed by atoms with van der Waals surface area (Å²) in [5, 5.41) is 2.93. The molecule has 1 N–H and O–H groups in total. The molecule has 0 unspecified atom stereocenters. The lowest BCUT2D eigenvalue weighted by molar-refractivity contribution is -0.133. The molecule has 6 heteroatoms. The first-order valence-electron chi connectivity index (χ1n) is 7.86. The van der Waals surface area contributed by atoms with Gasteiger partial charge in [-0.25, -0.2) is 4.98 Å². The van der Waals surface area contributed by atoms with Crippen molar-refractivity contribution in [3.05, 3.63) is 12.0 Å². The van der Waals surface area contributed by atoms with Crippen LogP contribution in [0.2, 0.25) is 0 Å². The van der Waals surface area contributed by atoms with Crippen LogP contribution in [0.25, 0.3) is 0 Å². The smallest absolute Gasteiger partial charge is 0.227 e. The zero-order valence-corrected chi connectivity index (χ0v) is 12.3. The van der Waals surface area contributed by atoms with Gasteiger partial charge in [0.15, 0.2) is 0 Å². The predicted molar refractivity (Wildman–Crippen MR) is 78.8 cm³/mol. The molecule has 3 rings (SSSR count). The van der Waals surface area contributed by atoms with Gasteiger partial charge in [-0.15, -0.1) is 0 Å². The van der Waals surface area contributed by atoms with Crippen molar-refractivity contribution in [2.75, 3.05) is 18.4 Å². The summed E-state index contributed by atoms with van der Waals surface area (Å²) in [6.45, 7) is 2.23. The first-order valence-corrected chi connectivity index (χ1v) is 7.86. The Balaban J connectivity index is 1.52. The van der Waals surface area contributed by atoms with Crippen molar-refractivity contribution in [1.29, 1.82) is 0 Å². The number of carbonyl (C=O) groups is 2. The molecular weight excluding hydrogens is 268 g/mol. The highest BCUT2D eigenvalue weighted by Gasteiger charge is 2.19. The number of imidazole rings is 1. The van der Waals surface area contributed by atoms with Crippen LogP contribution in [0.3, 0.4) is 0 Å². The Labute approximate surface area is 124 Å². The standard InChI is InChI=1S/C15H22N4O2/c20-14(7-10-18-8-3-2-6-15(18)21)17-13-11-16-12-5-1-4-9-19(12)13/h11H,1-10H2,(H,17,20). The van der Waals surface area contributed by atoms with Gasteiger partial charge in [0.1, 0.15) is 11.6 Å². The van der Waals surface area contributed by atoms with Crippen LogP contribution in [0.5, 0.6) is 0 Å². The first-order chi connectivity index (χ1) is 10.2. The molecule has 0 spiro atoms. The third-order valence-corrected chi connectivity index (χ3v) is 4.27. The zero-order valence-electron chi connectivity index (χ0n) is 12.3. The summed E-state index contributed by atoms with van der Waals surface area (Å²) in [4.78, 5) is 29.9. The molecule has 1 saturated heterocycles. The number of likely N-dealkylation sites (tertiary alicyclic amines) is 1. The lowest BCUT2D eigenvalue weighted by atomic mass is 10.1. The topological polar surface area (TPSA) is 67.2 Å². The number of hydrogen-bond donors (Lipinski definition) is 1. The zero-order chi connectivity index (χ0) is 14.7. The molecule has 3 heterocycles. The fourth-order valence-corrected chi connectivity index (χ4v) is 3.06. The fraction of sp³-hybridized carbons (Fsp3) is 0.667. The van der Waals surface area contributed by atoms with Gasteiger partial charge in [-0.1, -0.05) is 0 Å². The maximum absolute atomic E-state index is 12.1. The van der Waals surface area contributed by atoms with Crippen molar-refractivity contribution in [1.82, 2.24) is 14.5 Å². The van der Waals surface area contributed by atoms with E-state index in [4.69, 9.17) is 0 Å². The van der Waals surface area contributed by atoms with Gasteiger partial charge in [-0.05, 0) is 25.7 Å². The van der Waals surface area contributed by atoms with E-state index in [1.54, 1.807) is 11.1 Å². The number of hydrogen-bond acceptors (Lipinski definition) is 3. The number of fused-ring (bicyclic) bond motifs is 1. The van der Waals surface area contributed by atoms with Crippen LogP contribution in [0.4, 0.5) is 5.82 Å². The number of piperidine rings is 1. The Morgan fingerprint density at radius 2 is 2.00 bits per heavy atom. The number of nitrogens with zero attached hydrogens (tertiary/aromatic N) is 3. The minimum Gasteiger partial charge on any atom is -0.342 e. The second-order valence-corrected chi connectivity index (χ2v) is 5.80. The van der Waals surface area contributed by atoms with E-state index in [1.165, 1.54) is 6.42 Å². The Morgan fingerprint density at radius 3 is 2.86 bits per heavy atom. The van der Waals surface area contributed by atoms with E-state index in [0.717, 1.165) is 50.4 Å². The SMILES string of the molecule is O=C(CCN1CCCCC1=O)Nc1cnc2n1CCCC2. The summed E-state index contributed by atoms with van der Waals surface area (Å²) in [5.74, 6) is 1.99. The quantitative estimate of drug-likeness (QED) is 0.915. The monoisotopic (exact) mass is 290 g/mol. The summed E-state index contributed by atoms with van der Waals surface area (Å²) in [6, 6.07) is 0. The van der Waals surface area contributed by atoms with E-state index in [-0.39, 0.29) is 11.8 Å². The molecule has 1 aromatic rings. The van der Waals surface area contributed by atoms with E-state index in [2.05, 4.69) is 14.9 Å². The molecule has 0 saturated carbocycles. The van der Waals surface area contributed by atoms with Gasteiger partial charge in [0.2, 0.25) is 11.8 Å². The minimum atomic E-state index is -0.0401. The number of rotatable bonds is 4. The maximum Gasteiger partial charge on any atom is 0.227 e. The lowest BCUT2D eigenvalue weighted by Crippen LogP contribution is -2.37. The molecule has 6 nitrogen and oxygen atoms in total. The van der Waals surface area contributed by atoms with Crippen molar-refractivity contribution in [3.63, 3.8) is 0 Å². The molecular formula is C15H22N4O2. The summed E-state index contributed by atoms with van der Waals surface area (Å²) >= 11 is 0. The van der Waals surface area contributed by atoms with Crippen molar-refractivity contribution in [3.8, 4) is 0 Å². The average Bonchev–Trinajstić information content (AvgIpc) is 2.90. The van der Waals surface area contributed by atoms with Crippen LogP contribution in [-0.4, -0.2) is 39.4 Å². The van der Waals surface area contributed by atoms with Crippen LogP contribution >= 0.6 is 0 Å². The first kappa shape index (κ1) is 14.1. The Bertz CT molecular complexity index is 538. The Hall–Kier alpha value is -1.85. The summed E-state index contributed by atoms with van der Waals surface area (Å²) in [7, 11) is 0. The molecule has 2 aliphatic heterocycles. The van der Waals surface area contributed by atoms with Gasteiger partial charge in [-0.2, -0.15) is 0 Å². The van der Waals surface area contributed by atoms with Crippen molar-refractivity contribution >= 4 is 17.6 Å². The van der Waals surface area contributed by atoms with Gasteiger partial charge in [0.05, 0.1) is 6.20 Å². The van der Waals surface area contributed by atoms with Crippen LogP contribution in [0.1, 0.15) is 44.3 Å². The average molecular weight is 290 g/mol. The second-order valence-electron chi connectivity index (χ2n) is 5.80. The van der Waals surface area contributed by atoms with E-state index >= 15 is 0 Å². The lowest BCUT2D eigenvalue weighted by Gasteiger charge is -2.26. The Kier molecular flexibility index (Phi) is 4.22. The molecule has 0 aliphatic carbocycles. The molecule has 2 amide bonds. The van der Waals surface area contributed by atoms with E-state index in [9.17, 15) is 9.59 Å². The van der Waals surface area contributed by atoms with Gasteiger partial charge >= 0.3 is 0 Å². The summed E-state index contributed by atoms with van der Waals surface area (Å²) < 4.78 is 2.09. The van der Waals surface area contributed by atoms with Crippen molar-refractivity contribution in [2.24, 2.45) is 0 Å². The van der Waals surface area contributed by atoms with Gasteiger partial charge in [0, 0.05) is 38.9 Å². The summed E-state index contributed by atoms with van der Waals surface area (Å²) in [5.41, 5.74) is 0. The molecule has 1 aromatic heterocycles. The normalized spacial score (nSPS) is 18.5. The van der Waals surface area contributed by atoms with E-state index in [0.29, 0.717) is 19.4 Å². The van der Waals surface area contributed by atoms with Crippen molar-refractivity contribution < 1.29 is 9.59 Å². The Morgan fingerprint density at radius 1 is 1.19 bits per heavy atom. The van der Waals surface area contributed by atoms with Crippen LogP contribution in [0.15, 0.2) is 6.20 Å². The third kappa shape index (κ3) is 3.25. The number of aryl methyl sites for hydroxylation is 1. The number of nitrogens with one attached hydrogen (secondary N) is 1. The van der Waals surface area contributed by atoms with Crippen LogP contribution < -0.4 is 5.32 Å². The fourth-order valence-electron chi connectivity index (χ4n) is 3.06. The van der Waals surface area contributed by atoms with Crippen molar-refractivity contribution in [2.45, 2.75) is 51.5 Å². The molecule has 0 bridgehead atoms. The van der Waals surface area contributed by atoms with Crippen LogP contribution in [-0.2, 0) is 22.6 Å². The number of amides is 2. The highest BCUT2D eigenvalue weighted by molar-refractivity contribution is 5.90. The molecule has 2 aliphatic rings. The van der Waals surface area contributed by atoms with Gasteiger partial charge in [0.25, 0.3) is 0 Å². The molecule has 0 radical (unpaired) electrons. The third-order valence-electron chi connectivity index (χ3n) is 4.27. The molecule has 0 aromatic carbocycles.